The number of carbonyl (C=O) groups excluding carboxylic acids is 2. The highest BCUT2D eigenvalue weighted by Gasteiger charge is 2.17. The molecule has 0 aliphatic heterocycles. The average molecular weight is 309 g/mol. The maximum atomic E-state index is 11.6. The molecule has 0 saturated heterocycles. The van der Waals surface area contributed by atoms with Crippen LogP contribution in [-0.2, 0) is 9.53 Å². The first-order chi connectivity index (χ1) is 10.2. The monoisotopic (exact) mass is 309 g/mol. The fourth-order valence-electron chi connectivity index (χ4n) is 1.60. The van der Waals surface area contributed by atoms with Crippen molar-refractivity contribution in [1.29, 1.82) is 0 Å². The lowest BCUT2D eigenvalue weighted by molar-refractivity contribution is -0.134. The second-order valence-electron chi connectivity index (χ2n) is 5.89. The Hall–Kier alpha value is -2.24. The predicted octanol–water partition coefficient (Wildman–Crippen LogP) is 3.83. The average Bonchev–Trinajstić information content (AvgIpc) is 2.37. The van der Waals surface area contributed by atoms with Gasteiger partial charge < -0.3 is 14.6 Å². The Morgan fingerprint density at radius 3 is 2.50 bits per heavy atom. The zero-order valence-corrected chi connectivity index (χ0v) is 13.4. The van der Waals surface area contributed by atoms with Crippen LogP contribution in [0.1, 0.15) is 47.0 Å². The van der Waals surface area contributed by atoms with Crippen molar-refractivity contribution in [3.05, 3.63) is 18.2 Å². The highest BCUT2D eigenvalue weighted by molar-refractivity contribution is 5.85. The molecule has 0 aliphatic carbocycles. The van der Waals surface area contributed by atoms with Crippen LogP contribution in [-0.4, -0.2) is 22.8 Å². The summed E-state index contributed by atoms with van der Waals surface area (Å²) in [7, 11) is 0. The number of phenols is 1. The molecular weight excluding hydrogens is 286 g/mol. The summed E-state index contributed by atoms with van der Waals surface area (Å²) in [6.07, 6.45) is 1.30. The second-order valence-corrected chi connectivity index (χ2v) is 5.89. The third-order valence-electron chi connectivity index (χ3n) is 2.56. The van der Waals surface area contributed by atoms with Gasteiger partial charge in [0.25, 0.3) is 0 Å². The van der Waals surface area contributed by atoms with Crippen molar-refractivity contribution in [3.8, 4) is 11.5 Å². The lowest BCUT2D eigenvalue weighted by Crippen LogP contribution is -2.27. The number of hydrogen-bond acceptors (Lipinski definition) is 5. The van der Waals surface area contributed by atoms with Gasteiger partial charge in [-0.2, -0.15) is 0 Å². The Labute approximate surface area is 130 Å². The summed E-state index contributed by atoms with van der Waals surface area (Å²) in [5, 5.41) is 12.3. The molecule has 0 fully saturated rings. The van der Waals surface area contributed by atoms with Gasteiger partial charge in [-0.1, -0.05) is 13.3 Å². The largest absolute Gasteiger partial charge is 0.504 e. The quantitative estimate of drug-likeness (QED) is 0.637. The third kappa shape index (κ3) is 6.47. The highest BCUT2D eigenvalue weighted by Crippen LogP contribution is 2.29. The molecule has 0 aromatic heterocycles. The molecule has 0 aliphatic rings. The maximum absolute atomic E-state index is 11.6. The fourth-order valence-corrected chi connectivity index (χ4v) is 1.60. The molecule has 6 nitrogen and oxygen atoms in total. The molecule has 2 N–H and O–H groups in total. The Kier molecular flexibility index (Phi) is 6.22. The van der Waals surface area contributed by atoms with Crippen molar-refractivity contribution >= 4 is 17.7 Å². The lowest BCUT2D eigenvalue weighted by Gasteiger charge is -2.19. The normalized spacial score (nSPS) is 10.9. The predicted molar refractivity (Wildman–Crippen MR) is 83.1 cm³/mol. The van der Waals surface area contributed by atoms with Gasteiger partial charge in [-0.25, -0.2) is 4.79 Å². The van der Waals surface area contributed by atoms with Gasteiger partial charge in [0.05, 0.1) is 0 Å². The second kappa shape index (κ2) is 7.68. The first-order valence-electron chi connectivity index (χ1n) is 7.25. The van der Waals surface area contributed by atoms with Crippen LogP contribution in [0, 0.1) is 0 Å². The van der Waals surface area contributed by atoms with Crippen LogP contribution >= 0.6 is 0 Å². The number of carbonyl (C=O) groups is 2. The molecule has 0 unspecified atom stereocenters. The summed E-state index contributed by atoms with van der Waals surface area (Å²) < 4.78 is 10.2. The van der Waals surface area contributed by atoms with Crippen LogP contribution < -0.4 is 10.1 Å². The van der Waals surface area contributed by atoms with Crippen molar-refractivity contribution in [2.45, 2.75) is 52.6 Å². The molecule has 0 heterocycles. The van der Waals surface area contributed by atoms with Crippen LogP contribution in [0.4, 0.5) is 10.5 Å². The Morgan fingerprint density at radius 2 is 1.95 bits per heavy atom. The van der Waals surface area contributed by atoms with Crippen LogP contribution in [0.3, 0.4) is 0 Å². The molecule has 22 heavy (non-hydrogen) atoms. The third-order valence-corrected chi connectivity index (χ3v) is 2.56. The van der Waals surface area contributed by atoms with E-state index in [0.717, 1.165) is 12.8 Å². The van der Waals surface area contributed by atoms with Gasteiger partial charge >= 0.3 is 12.1 Å². The SMILES string of the molecule is CCCCC(=O)Oc1ccc(NC(=O)OC(C)(C)C)cc1O. The van der Waals surface area contributed by atoms with Crippen LogP contribution in [0.15, 0.2) is 18.2 Å². The zero-order chi connectivity index (χ0) is 16.8. The molecule has 0 saturated carbocycles. The molecule has 0 radical (unpaired) electrons. The van der Waals surface area contributed by atoms with Crippen LogP contribution in [0.25, 0.3) is 0 Å². The molecule has 0 atom stereocenters. The molecule has 122 valence electrons. The molecule has 0 bridgehead atoms. The summed E-state index contributed by atoms with van der Waals surface area (Å²) >= 11 is 0. The number of ether oxygens (including phenoxy) is 2. The maximum Gasteiger partial charge on any atom is 0.412 e. The van der Waals surface area contributed by atoms with Crippen molar-refractivity contribution in [2.24, 2.45) is 0 Å². The van der Waals surface area contributed by atoms with Crippen molar-refractivity contribution in [1.82, 2.24) is 0 Å². The zero-order valence-electron chi connectivity index (χ0n) is 13.4. The summed E-state index contributed by atoms with van der Waals surface area (Å²) in [5.74, 6) is -0.556. The molecular formula is C16H23NO5. The summed E-state index contributed by atoms with van der Waals surface area (Å²) in [6, 6.07) is 4.24. The van der Waals surface area contributed by atoms with E-state index in [2.05, 4.69) is 5.32 Å². The smallest absolute Gasteiger partial charge is 0.412 e. The number of aromatic hydroxyl groups is 1. The van der Waals surface area contributed by atoms with Gasteiger partial charge in [-0.15, -0.1) is 0 Å². The van der Waals surface area contributed by atoms with E-state index in [1.807, 2.05) is 6.92 Å². The van der Waals surface area contributed by atoms with E-state index in [4.69, 9.17) is 9.47 Å². The van der Waals surface area contributed by atoms with Crippen molar-refractivity contribution in [2.75, 3.05) is 5.32 Å². The summed E-state index contributed by atoms with van der Waals surface area (Å²) in [5.41, 5.74) is -0.263. The van der Waals surface area contributed by atoms with E-state index in [1.54, 1.807) is 20.8 Å². The van der Waals surface area contributed by atoms with Gasteiger partial charge in [0.1, 0.15) is 5.60 Å². The molecule has 0 spiro atoms. The van der Waals surface area contributed by atoms with Crippen molar-refractivity contribution in [3.63, 3.8) is 0 Å². The highest BCUT2D eigenvalue weighted by atomic mass is 16.6. The molecule has 6 heteroatoms. The van der Waals surface area contributed by atoms with Gasteiger partial charge in [0.2, 0.25) is 0 Å². The number of nitrogens with one attached hydrogen (secondary N) is 1. The Bertz CT molecular complexity index is 534. The standard InChI is InChI=1S/C16H23NO5/c1-5-6-7-14(19)21-13-9-8-11(10-12(13)18)17-15(20)22-16(2,3)4/h8-10,18H,5-7H2,1-4H3,(H,17,20). The van der Waals surface area contributed by atoms with Crippen LogP contribution in [0.2, 0.25) is 0 Å². The Morgan fingerprint density at radius 1 is 1.27 bits per heavy atom. The molecule has 1 aromatic rings. The number of esters is 1. The number of benzene rings is 1. The van der Waals surface area contributed by atoms with Gasteiger partial charge in [0, 0.05) is 18.2 Å². The van der Waals surface area contributed by atoms with Gasteiger partial charge in [-0.05, 0) is 39.3 Å². The minimum absolute atomic E-state index is 0.0656. The lowest BCUT2D eigenvalue weighted by atomic mass is 10.2. The molecule has 1 amide bonds. The van der Waals surface area contributed by atoms with E-state index in [9.17, 15) is 14.7 Å². The number of phenolic OH excluding ortho intramolecular Hbond substituents is 1. The van der Waals surface area contributed by atoms with E-state index in [0.29, 0.717) is 12.1 Å². The molecule has 1 aromatic carbocycles. The summed E-state index contributed by atoms with van der Waals surface area (Å²) in [4.78, 5) is 23.1. The fraction of sp³-hybridized carbons (Fsp3) is 0.500. The number of unbranched alkanes of at least 4 members (excludes halogenated alkanes) is 1. The Balaban J connectivity index is 2.65. The minimum Gasteiger partial charge on any atom is -0.504 e. The first kappa shape index (κ1) is 17.8. The summed E-state index contributed by atoms with van der Waals surface area (Å²) in [6.45, 7) is 7.23. The van der Waals surface area contributed by atoms with E-state index >= 15 is 0 Å². The van der Waals surface area contributed by atoms with Gasteiger partial charge in [-0.3, -0.25) is 10.1 Å². The number of rotatable bonds is 5. The van der Waals surface area contributed by atoms with E-state index in [1.165, 1.54) is 18.2 Å². The number of hydrogen-bond donors (Lipinski definition) is 2. The van der Waals surface area contributed by atoms with Gasteiger partial charge in [0.15, 0.2) is 11.5 Å². The van der Waals surface area contributed by atoms with Crippen molar-refractivity contribution < 1.29 is 24.2 Å². The molecule has 1 rings (SSSR count). The first-order valence-corrected chi connectivity index (χ1v) is 7.25. The van der Waals surface area contributed by atoms with E-state index in [-0.39, 0.29) is 11.5 Å². The van der Waals surface area contributed by atoms with E-state index < -0.39 is 17.7 Å². The number of anilines is 1. The topological polar surface area (TPSA) is 84.9 Å². The van der Waals surface area contributed by atoms with Crippen LogP contribution in [0.5, 0.6) is 11.5 Å². The minimum atomic E-state index is -0.625. The number of amides is 1.